The summed E-state index contributed by atoms with van der Waals surface area (Å²) in [7, 11) is -3.89. The topological polar surface area (TPSA) is 57.7 Å². The number of piperazine rings is 1. The molecule has 0 saturated carbocycles. The van der Waals surface area contributed by atoms with Crippen molar-refractivity contribution in [2.45, 2.75) is 29.1 Å². The number of hydrogen-bond acceptors (Lipinski definition) is 4. The fourth-order valence-electron chi connectivity index (χ4n) is 3.85. The highest BCUT2D eigenvalue weighted by atomic mass is 32.2. The maximum Gasteiger partial charge on any atom is 0.246 e. The average Bonchev–Trinajstić information content (AvgIpc) is 3.20. The van der Waals surface area contributed by atoms with Gasteiger partial charge in [0.25, 0.3) is 0 Å². The van der Waals surface area contributed by atoms with Crippen LogP contribution in [-0.2, 0) is 27.7 Å². The van der Waals surface area contributed by atoms with Gasteiger partial charge in [-0.3, -0.25) is 4.79 Å². The Bertz CT molecular complexity index is 1020. The molecule has 2 aliphatic rings. The monoisotopic (exact) mass is 434 g/mol. The number of carbonyl (C=O) groups excluding carboxylic acids is 1. The highest BCUT2D eigenvalue weighted by molar-refractivity contribution is 8.00. The van der Waals surface area contributed by atoms with Gasteiger partial charge < -0.3 is 4.90 Å². The van der Waals surface area contributed by atoms with Crippen LogP contribution in [0.4, 0.5) is 4.39 Å². The third kappa shape index (κ3) is 4.34. The van der Waals surface area contributed by atoms with Crippen LogP contribution in [0.5, 0.6) is 0 Å². The molecule has 5 nitrogen and oxygen atoms in total. The molecule has 1 saturated heterocycles. The summed E-state index contributed by atoms with van der Waals surface area (Å²) >= 11 is 1.52. The van der Waals surface area contributed by atoms with E-state index in [9.17, 15) is 17.6 Å². The van der Waals surface area contributed by atoms with E-state index in [-0.39, 0.29) is 23.9 Å². The summed E-state index contributed by atoms with van der Waals surface area (Å²) in [5.74, 6) is -0.422. The number of aryl methyl sites for hydroxylation is 2. The third-order valence-electron chi connectivity index (χ3n) is 5.48. The average molecular weight is 435 g/mol. The number of benzene rings is 2. The summed E-state index contributed by atoms with van der Waals surface area (Å²) in [5, 5.41) is 0. The lowest BCUT2D eigenvalue weighted by Crippen LogP contribution is -2.51. The smallest absolute Gasteiger partial charge is 0.246 e. The maximum atomic E-state index is 13.9. The Morgan fingerprint density at radius 2 is 1.72 bits per heavy atom. The number of hydrogen-bond donors (Lipinski definition) is 0. The first-order valence-electron chi connectivity index (χ1n) is 9.72. The van der Waals surface area contributed by atoms with Crippen molar-refractivity contribution in [1.82, 2.24) is 9.21 Å². The highest BCUT2D eigenvalue weighted by Crippen LogP contribution is 2.28. The maximum absolute atomic E-state index is 13.9. The lowest BCUT2D eigenvalue weighted by Gasteiger charge is -2.34. The van der Waals surface area contributed by atoms with Gasteiger partial charge in [0.2, 0.25) is 15.9 Å². The van der Waals surface area contributed by atoms with Gasteiger partial charge in [-0.2, -0.15) is 4.31 Å². The van der Waals surface area contributed by atoms with E-state index in [0.717, 1.165) is 23.8 Å². The van der Waals surface area contributed by atoms with Gasteiger partial charge in [0.1, 0.15) is 10.7 Å². The van der Waals surface area contributed by atoms with Crippen molar-refractivity contribution >= 4 is 27.7 Å². The molecule has 8 heteroatoms. The van der Waals surface area contributed by atoms with Crippen molar-refractivity contribution < 1.29 is 17.6 Å². The van der Waals surface area contributed by atoms with Crippen LogP contribution < -0.4 is 0 Å². The minimum atomic E-state index is -3.89. The molecular weight excluding hydrogens is 411 g/mol. The molecular formula is C21H23FN2O3S2. The number of halogens is 1. The fourth-order valence-corrected chi connectivity index (χ4v) is 6.19. The van der Waals surface area contributed by atoms with E-state index < -0.39 is 15.8 Å². The van der Waals surface area contributed by atoms with Crippen molar-refractivity contribution in [2.24, 2.45) is 0 Å². The predicted octanol–water partition coefficient (Wildman–Crippen LogP) is 2.94. The van der Waals surface area contributed by atoms with Crippen molar-refractivity contribution in [3.8, 4) is 0 Å². The van der Waals surface area contributed by atoms with Crippen LogP contribution in [0.3, 0.4) is 0 Å². The Morgan fingerprint density at radius 3 is 2.48 bits per heavy atom. The molecule has 29 heavy (non-hydrogen) atoms. The Kier molecular flexibility index (Phi) is 5.94. The van der Waals surface area contributed by atoms with Crippen LogP contribution in [0.15, 0.2) is 52.3 Å². The molecule has 0 bridgehead atoms. The third-order valence-corrected chi connectivity index (χ3v) is 8.39. The molecule has 0 unspecified atom stereocenters. The van der Waals surface area contributed by atoms with Gasteiger partial charge in [0, 0.05) is 31.1 Å². The second kappa shape index (κ2) is 8.45. The first-order chi connectivity index (χ1) is 13.9. The minimum Gasteiger partial charge on any atom is -0.339 e. The molecule has 1 heterocycles. The summed E-state index contributed by atoms with van der Waals surface area (Å²) in [4.78, 5) is 15.0. The predicted molar refractivity (Wildman–Crippen MR) is 111 cm³/mol. The Balaban J connectivity index is 1.32. The lowest BCUT2D eigenvalue weighted by atomic mass is 10.1. The second-order valence-corrected chi connectivity index (χ2v) is 10.2. The normalized spacial score (nSPS) is 17.3. The van der Waals surface area contributed by atoms with E-state index in [0.29, 0.717) is 18.8 Å². The van der Waals surface area contributed by atoms with Crippen LogP contribution in [0.25, 0.3) is 0 Å². The van der Waals surface area contributed by atoms with Crippen LogP contribution in [0.2, 0.25) is 0 Å². The molecule has 0 radical (unpaired) electrons. The molecule has 0 atom stereocenters. The SMILES string of the molecule is O=C(CSc1ccc2c(c1)CCC2)N1CCN(S(=O)(=O)c2ccccc2F)CC1. The number of rotatable bonds is 5. The molecule has 2 aromatic rings. The number of carbonyl (C=O) groups is 1. The van der Waals surface area contributed by atoms with Gasteiger partial charge in [-0.05, 0) is 54.7 Å². The second-order valence-electron chi connectivity index (χ2n) is 7.29. The molecule has 1 aliphatic carbocycles. The zero-order chi connectivity index (χ0) is 20.4. The van der Waals surface area contributed by atoms with Gasteiger partial charge in [0.05, 0.1) is 5.75 Å². The first kappa shape index (κ1) is 20.4. The van der Waals surface area contributed by atoms with Gasteiger partial charge in [-0.25, -0.2) is 12.8 Å². The van der Waals surface area contributed by atoms with E-state index in [2.05, 4.69) is 18.2 Å². The molecule has 1 aliphatic heterocycles. The molecule has 0 aromatic heterocycles. The molecule has 2 aromatic carbocycles. The van der Waals surface area contributed by atoms with E-state index in [1.807, 2.05) is 0 Å². The Labute approximate surface area is 174 Å². The summed E-state index contributed by atoms with van der Waals surface area (Å²) in [6.07, 6.45) is 3.44. The largest absolute Gasteiger partial charge is 0.339 e. The van der Waals surface area contributed by atoms with Gasteiger partial charge in [0.15, 0.2) is 0 Å². The van der Waals surface area contributed by atoms with Crippen molar-refractivity contribution in [3.05, 3.63) is 59.4 Å². The zero-order valence-corrected chi connectivity index (χ0v) is 17.6. The number of sulfonamides is 1. The summed E-state index contributed by atoms with van der Waals surface area (Å²) in [5.41, 5.74) is 2.79. The molecule has 0 spiro atoms. The number of thioether (sulfide) groups is 1. The Morgan fingerprint density at radius 1 is 1.00 bits per heavy atom. The van der Waals surface area contributed by atoms with Crippen molar-refractivity contribution in [2.75, 3.05) is 31.9 Å². The van der Waals surface area contributed by atoms with Crippen molar-refractivity contribution in [3.63, 3.8) is 0 Å². The molecule has 4 rings (SSSR count). The van der Waals surface area contributed by atoms with E-state index in [4.69, 9.17) is 0 Å². The van der Waals surface area contributed by atoms with Crippen LogP contribution in [-0.4, -0.2) is 55.5 Å². The number of fused-ring (bicyclic) bond motifs is 1. The van der Waals surface area contributed by atoms with Gasteiger partial charge >= 0.3 is 0 Å². The van der Waals surface area contributed by atoms with E-state index >= 15 is 0 Å². The first-order valence-corrected chi connectivity index (χ1v) is 12.1. The highest BCUT2D eigenvalue weighted by Gasteiger charge is 2.31. The minimum absolute atomic E-state index is 0.00145. The zero-order valence-electron chi connectivity index (χ0n) is 16.0. The van der Waals surface area contributed by atoms with Crippen molar-refractivity contribution in [1.29, 1.82) is 0 Å². The van der Waals surface area contributed by atoms with Crippen LogP contribution in [0, 0.1) is 5.82 Å². The summed E-state index contributed by atoms with van der Waals surface area (Å²) in [6, 6.07) is 11.8. The standard InChI is InChI=1S/C21H23FN2O3S2/c22-19-6-1-2-7-20(19)29(26,27)24-12-10-23(11-13-24)21(25)15-28-18-9-8-16-4-3-5-17(16)14-18/h1-2,6-9,14H,3-5,10-13,15H2. The van der Waals surface area contributed by atoms with Gasteiger partial charge in [-0.1, -0.05) is 18.2 Å². The molecule has 154 valence electrons. The number of nitrogens with zero attached hydrogens (tertiary/aromatic N) is 2. The molecule has 1 fully saturated rings. The fraction of sp³-hybridized carbons (Fsp3) is 0.381. The quantitative estimate of drug-likeness (QED) is 0.679. The van der Waals surface area contributed by atoms with Crippen LogP contribution in [0.1, 0.15) is 17.5 Å². The van der Waals surface area contributed by atoms with Gasteiger partial charge in [-0.15, -0.1) is 11.8 Å². The van der Waals surface area contributed by atoms with Crippen LogP contribution >= 0.6 is 11.8 Å². The lowest BCUT2D eigenvalue weighted by molar-refractivity contribution is -0.129. The summed E-state index contributed by atoms with van der Waals surface area (Å²) in [6.45, 7) is 0.979. The Hall–Kier alpha value is -1.90. The molecule has 0 N–H and O–H groups in total. The number of amides is 1. The molecule has 1 amide bonds. The van der Waals surface area contributed by atoms with E-state index in [1.165, 1.54) is 51.8 Å². The van der Waals surface area contributed by atoms with E-state index in [1.54, 1.807) is 4.90 Å². The summed E-state index contributed by atoms with van der Waals surface area (Å²) < 4.78 is 40.5.